The van der Waals surface area contributed by atoms with Crippen molar-refractivity contribution in [1.82, 2.24) is 0 Å². The van der Waals surface area contributed by atoms with Gasteiger partial charge in [0.05, 0.1) is 5.02 Å². The Bertz CT molecular complexity index is 334. The zero-order valence-electron chi connectivity index (χ0n) is 7.31. The summed E-state index contributed by atoms with van der Waals surface area (Å²) in [6.07, 6.45) is 1.15. The van der Waals surface area contributed by atoms with Gasteiger partial charge in [-0.3, -0.25) is 0 Å². The van der Waals surface area contributed by atoms with Crippen molar-refractivity contribution in [3.05, 3.63) is 34.6 Å². The minimum atomic E-state index is -0.335. The van der Waals surface area contributed by atoms with Crippen LogP contribution in [0.2, 0.25) is 5.02 Å². The van der Waals surface area contributed by atoms with E-state index in [0.29, 0.717) is 0 Å². The largest absolute Gasteiger partial charge is 0.205 e. The van der Waals surface area contributed by atoms with E-state index >= 15 is 0 Å². The minimum absolute atomic E-state index is 0.164. The van der Waals surface area contributed by atoms with Crippen LogP contribution in [-0.2, 0) is 4.75 Å². The molecule has 0 spiro atoms. The number of benzene rings is 1. The van der Waals surface area contributed by atoms with Gasteiger partial charge in [0.25, 0.3) is 0 Å². The maximum absolute atomic E-state index is 12.9. The van der Waals surface area contributed by atoms with Gasteiger partial charge in [-0.15, -0.1) is 0 Å². The molecular weight excluding hydrogens is 207 g/mol. The third-order valence-corrected chi connectivity index (χ3v) is 4.30. The second kappa shape index (κ2) is 3.18. The van der Waals surface area contributed by atoms with Crippen LogP contribution in [-0.4, -0.2) is 5.75 Å². The van der Waals surface area contributed by atoms with Gasteiger partial charge in [0, 0.05) is 4.75 Å². The predicted molar refractivity (Wildman–Crippen MR) is 55.8 cm³/mol. The number of halogens is 2. The Morgan fingerprint density at radius 3 is 2.69 bits per heavy atom. The zero-order chi connectivity index (χ0) is 9.47. The van der Waals surface area contributed by atoms with Gasteiger partial charge in [-0.05, 0) is 36.8 Å². The highest BCUT2D eigenvalue weighted by Gasteiger charge is 2.34. The molecule has 1 atom stereocenters. The van der Waals surface area contributed by atoms with Crippen LogP contribution >= 0.6 is 23.4 Å². The molecule has 0 nitrogen and oxygen atoms in total. The molecule has 0 saturated carbocycles. The molecule has 1 aliphatic heterocycles. The SMILES string of the molecule is CC1(c2ccc(F)c(Cl)c2)CCS1. The summed E-state index contributed by atoms with van der Waals surface area (Å²) in [5, 5.41) is 0.228. The number of hydrogen-bond acceptors (Lipinski definition) is 1. The van der Waals surface area contributed by atoms with E-state index in [2.05, 4.69) is 6.92 Å². The molecule has 1 aromatic rings. The van der Waals surface area contributed by atoms with Gasteiger partial charge >= 0.3 is 0 Å². The molecule has 1 fully saturated rings. The molecule has 70 valence electrons. The average molecular weight is 217 g/mol. The normalized spacial score (nSPS) is 27.0. The van der Waals surface area contributed by atoms with E-state index in [9.17, 15) is 4.39 Å². The lowest BCUT2D eigenvalue weighted by Crippen LogP contribution is -2.27. The van der Waals surface area contributed by atoms with Crippen molar-refractivity contribution in [3.8, 4) is 0 Å². The van der Waals surface area contributed by atoms with Crippen LogP contribution < -0.4 is 0 Å². The molecular formula is C10H10ClFS. The van der Waals surface area contributed by atoms with Gasteiger partial charge < -0.3 is 0 Å². The fourth-order valence-electron chi connectivity index (χ4n) is 1.46. The van der Waals surface area contributed by atoms with Crippen LogP contribution in [0.25, 0.3) is 0 Å². The Kier molecular flexibility index (Phi) is 2.28. The summed E-state index contributed by atoms with van der Waals surface area (Å²) >= 11 is 7.61. The molecule has 0 radical (unpaired) electrons. The van der Waals surface area contributed by atoms with Gasteiger partial charge in [-0.1, -0.05) is 17.7 Å². The topological polar surface area (TPSA) is 0 Å². The minimum Gasteiger partial charge on any atom is -0.205 e. The molecule has 0 bridgehead atoms. The average Bonchev–Trinajstić information content (AvgIpc) is 2.06. The van der Waals surface area contributed by atoms with Crippen LogP contribution in [0.3, 0.4) is 0 Å². The van der Waals surface area contributed by atoms with Gasteiger partial charge in [0.1, 0.15) is 5.82 Å². The summed E-state index contributed by atoms with van der Waals surface area (Å²) in [5.74, 6) is 0.851. The van der Waals surface area contributed by atoms with Crippen molar-refractivity contribution in [3.63, 3.8) is 0 Å². The fraction of sp³-hybridized carbons (Fsp3) is 0.400. The van der Waals surface area contributed by atoms with Crippen molar-refractivity contribution in [2.75, 3.05) is 5.75 Å². The van der Waals surface area contributed by atoms with Gasteiger partial charge in [0.15, 0.2) is 0 Å². The summed E-state index contributed by atoms with van der Waals surface area (Å²) in [4.78, 5) is 0. The van der Waals surface area contributed by atoms with Crippen LogP contribution in [0.1, 0.15) is 18.9 Å². The first kappa shape index (κ1) is 9.35. The number of hydrogen-bond donors (Lipinski definition) is 0. The van der Waals surface area contributed by atoms with Gasteiger partial charge in [-0.25, -0.2) is 4.39 Å². The number of thioether (sulfide) groups is 1. The summed E-state index contributed by atoms with van der Waals surface area (Å²) < 4.78 is 13.0. The van der Waals surface area contributed by atoms with Crippen molar-refractivity contribution < 1.29 is 4.39 Å². The predicted octanol–water partition coefficient (Wildman–Crippen LogP) is 3.83. The van der Waals surface area contributed by atoms with Crippen LogP contribution in [0.5, 0.6) is 0 Å². The molecule has 0 amide bonds. The van der Waals surface area contributed by atoms with E-state index in [1.54, 1.807) is 6.07 Å². The molecule has 1 heterocycles. The van der Waals surface area contributed by atoms with E-state index in [1.165, 1.54) is 11.8 Å². The molecule has 0 N–H and O–H groups in total. The molecule has 3 heteroatoms. The highest BCUT2D eigenvalue weighted by molar-refractivity contribution is 8.01. The van der Waals surface area contributed by atoms with E-state index < -0.39 is 0 Å². The van der Waals surface area contributed by atoms with Crippen LogP contribution in [0, 0.1) is 5.82 Å². The second-order valence-corrected chi connectivity index (χ2v) is 5.46. The van der Waals surface area contributed by atoms with E-state index in [4.69, 9.17) is 11.6 Å². The maximum atomic E-state index is 12.9. The highest BCUT2D eigenvalue weighted by atomic mass is 35.5. The molecule has 1 aliphatic rings. The molecule has 0 aliphatic carbocycles. The Hall–Kier alpha value is -0.210. The number of rotatable bonds is 1. The first-order valence-electron chi connectivity index (χ1n) is 4.21. The Labute approximate surface area is 86.5 Å². The van der Waals surface area contributed by atoms with E-state index in [1.807, 2.05) is 17.8 Å². The zero-order valence-corrected chi connectivity index (χ0v) is 8.88. The summed E-state index contributed by atoms with van der Waals surface area (Å²) in [7, 11) is 0. The van der Waals surface area contributed by atoms with Crippen molar-refractivity contribution in [2.24, 2.45) is 0 Å². The van der Waals surface area contributed by atoms with Crippen molar-refractivity contribution in [1.29, 1.82) is 0 Å². The first-order chi connectivity index (χ1) is 6.12. The molecule has 1 aromatic carbocycles. The third kappa shape index (κ3) is 1.57. The van der Waals surface area contributed by atoms with Crippen molar-refractivity contribution >= 4 is 23.4 Å². The first-order valence-corrected chi connectivity index (χ1v) is 5.58. The maximum Gasteiger partial charge on any atom is 0.141 e. The molecule has 0 aromatic heterocycles. The van der Waals surface area contributed by atoms with Crippen molar-refractivity contribution in [2.45, 2.75) is 18.1 Å². The Morgan fingerprint density at radius 1 is 1.54 bits per heavy atom. The van der Waals surface area contributed by atoms with Crippen LogP contribution in [0.15, 0.2) is 18.2 Å². The lowest BCUT2D eigenvalue weighted by Gasteiger charge is -2.38. The molecule has 13 heavy (non-hydrogen) atoms. The second-order valence-electron chi connectivity index (χ2n) is 3.46. The summed E-state index contributed by atoms with van der Waals surface area (Å²) in [6, 6.07) is 5.01. The van der Waals surface area contributed by atoms with Gasteiger partial charge in [-0.2, -0.15) is 11.8 Å². The Balaban J connectivity index is 2.36. The van der Waals surface area contributed by atoms with Crippen LogP contribution in [0.4, 0.5) is 4.39 Å². The van der Waals surface area contributed by atoms with E-state index in [-0.39, 0.29) is 15.6 Å². The molecule has 1 saturated heterocycles. The molecule has 1 unspecified atom stereocenters. The quantitative estimate of drug-likeness (QED) is 0.688. The lowest BCUT2D eigenvalue weighted by atomic mass is 9.96. The third-order valence-electron chi connectivity index (χ3n) is 2.53. The van der Waals surface area contributed by atoms with E-state index in [0.717, 1.165) is 12.0 Å². The Morgan fingerprint density at radius 2 is 2.23 bits per heavy atom. The molecule has 2 rings (SSSR count). The standard InChI is InChI=1S/C10H10ClFS/c1-10(4-5-13-10)7-2-3-9(12)8(11)6-7/h2-3,6H,4-5H2,1H3. The monoisotopic (exact) mass is 216 g/mol. The lowest BCUT2D eigenvalue weighted by molar-refractivity contribution is 0.609. The highest BCUT2D eigenvalue weighted by Crippen LogP contribution is 2.49. The smallest absolute Gasteiger partial charge is 0.141 e. The van der Waals surface area contributed by atoms with Gasteiger partial charge in [0.2, 0.25) is 0 Å². The summed E-state index contributed by atoms with van der Waals surface area (Å²) in [5.41, 5.74) is 1.13. The summed E-state index contributed by atoms with van der Waals surface area (Å²) in [6.45, 7) is 2.17. The fourth-order valence-corrected chi connectivity index (χ4v) is 2.75.